The predicted molar refractivity (Wildman–Crippen MR) is 71.4 cm³/mol. The van der Waals surface area contributed by atoms with Crippen LogP contribution in [0.3, 0.4) is 0 Å². The van der Waals surface area contributed by atoms with E-state index < -0.39 is 24.1 Å². The van der Waals surface area contributed by atoms with Gasteiger partial charge < -0.3 is 5.32 Å². The summed E-state index contributed by atoms with van der Waals surface area (Å²) >= 11 is 0. The number of hydrogen-bond acceptors (Lipinski definition) is 2. The van der Waals surface area contributed by atoms with E-state index in [2.05, 4.69) is 5.32 Å². The zero-order chi connectivity index (χ0) is 13.8. The Balaban J connectivity index is 0.00000200. The lowest BCUT2D eigenvalue weighted by Crippen LogP contribution is -2.45. The Labute approximate surface area is 121 Å². The first-order chi connectivity index (χ1) is 9.08. The van der Waals surface area contributed by atoms with Crippen LogP contribution >= 0.6 is 12.4 Å². The lowest BCUT2D eigenvalue weighted by Gasteiger charge is -2.35. The molecule has 1 atom stereocenters. The minimum absolute atomic E-state index is 0. The zero-order valence-electron chi connectivity index (χ0n) is 10.8. The Morgan fingerprint density at radius 3 is 2.30 bits per heavy atom. The smallest absolute Gasteiger partial charge is 0.240 e. The third kappa shape index (κ3) is 4.33. The van der Waals surface area contributed by atoms with Gasteiger partial charge >= 0.3 is 0 Å². The van der Waals surface area contributed by atoms with Crippen LogP contribution in [0.25, 0.3) is 0 Å². The van der Waals surface area contributed by atoms with Gasteiger partial charge in [0.2, 0.25) is 6.43 Å². The van der Waals surface area contributed by atoms with Gasteiger partial charge in [0.1, 0.15) is 0 Å². The molecular weight excluding hydrogens is 296 g/mol. The molecule has 0 radical (unpaired) electrons. The maximum Gasteiger partial charge on any atom is 0.240 e. The lowest BCUT2D eigenvalue weighted by atomic mass is 10.0. The molecule has 1 aromatic carbocycles. The standard InChI is InChI=1S/C13H16F4N2.ClH/c14-10-2-1-9(7-11(10)15)12(8-13(16)17)19-5-3-18-4-6-19;/h1-2,7,12-13,18H,3-6,8H2;1H/t12-;/m0./s1. The monoisotopic (exact) mass is 312 g/mol. The van der Waals surface area contributed by atoms with Crippen molar-refractivity contribution >= 4 is 12.4 Å². The summed E-state index contributed by atoms with van der Waals surface area (Å²) in [4.78, 5) is 1.88. The van der Waals surface area contributed by atoms with Crippen LogP contribution in [0.5, 0.6) is 0 Å². The van der Waals surface area contributed by atoms with Crippen LogP contribution in [-0.2, 0) is 0 Å². The van der Waals surface area contributed by atoms with Gasteiger partial charge in [0.15, 0.2) is 11.6 Å². The van der Waals surface area contributed by atoms with Gasteiger partial charge in [-0.1, -0.05) is 6.07 Å². The second kappa shape index (κ2) is 7.81. The molecule has 1 heterocycles. The van der Waals surface area contributed by atoms with Crippen molar-refractivity contribution in [3.8, 4) is 0 Å². The Kier molecular flexibility index (Phi) is 6.71. The molecular formula is C13H17ClF4N2. The van der Waals surface area contributed by atoms with E-state index in [-0.39, 0.29) is 18.8 Å². The summed E-state index contributed by atoms with van der Waals surface area (Å²) in [5, 5.41) is 3.13. The number of halogens is 5. The summed E-state index contributed by atoms with van der Waals surface area (Å²) in [6.45, 7) is 2.67. The molecule has 7 heteroatoms. The Morgan fingerprint density at radius 2 is 1.75 bits per heavy atom. The van der Waals surface area contributed by atoms with Crippen LogP contribution in [0.15, 0.2) is 18.2 Å². The third-order valence-electron chi connectivity index (χ3n) is 3.32. The van der Waals surface area contributed by atoms with E-state index in [1.807, 2.05) is 4.90 Å². The summed E-state index contributed by atoms with van der Waals surface area (Å²) in [7, 11) is 0. The Bertz CT molecular complexity index is 425. The van der Waals surface area contributed by atoms with Crippen molar-refractivity contribution in [1.82, 2.24) is 10.2 Å². The minimum Gasteiger partial charge on any atom is -0.314 e. The molecule has 0 aliphatic carbocycles. The van der Waals surface area contributed by atoms with Crippen molar-refractivity contribution in [1.29, 1.82) is 0 Å². The molecule has 0 amide bonds. The van der Waals surface area contributed by atoms with Gasteiger partial charge in [-0.15, -0.1) is 12.4 Å². The summed E-state index contributed by atoms with van der Waals surface area (Å²) in [5.74, 6) is -1.95. The van der Waals surface area contributed by atoms with Crippen LogP contribution in [-0.4, -0.2) is 37.5 Å². The zero-order valence-corrected chi connectivity index (χ0v) is 11.6. The van der Waals surface area contributed by atoms with Gasteiger partial charge in [-0.05, 0) is 17.7 Å². The second-order valence-electron chi connectivity index (χ2n) is 4.60. The molecule has 114 valence electrons. The number of nitrogens with zero attached hydrogens (tertiary/aromatic N) is 1. The summed E-state index contributed by atoms with van der Waals surface area (Å²) in [5.41, 5.74) is 0.404. The van der Waals surface area contributed by atoms with Gasteiger partial charge in [-0.3, -0.25) is 4.90 Å². The molecule has 1 aliphatic rings. The molecule has 1 saturated heterocycles. The SMILES string of the molecule is Cl.Fc1ccc([C@H](CC(F)F)N2CCNCC2)cc1F. The molecule has 0 spiro atoms. The van der Waals surface area contributed by atoms with E-state index in [9.17, 15) is 17.6 Å². The molecule has 0 saturated carbocycles. The van der Waals surface area contributed by atoms with E-state index in [1.54, 1.807) is 0 Å². The van der Waals surface area contributed by atoms with Crippen molar-refractivity contribution in [2.45, 2.75) is 18.9 Å². The topological polar surface area (TPSA) is 15.3 Å². The van der Waals surface area contributed by atoms with Crippen LogP contribution in [0.4, 0.5) is 17.6 Å². The lowest BCUT2D eigenvalue weighted by molar-refractivity contribution is 0.0737. The Morgan fingerprint density at radius 1 is 1.10 bits per heavy atom. The average molecular weight is 313 g/mol. The molecule has 1 fully saturated rings. The number of benzene rings is 1. The number of rotatable bonds is 4. The minimum atomic E-state index is -2.48. The first-order valence-electron chi connectivity index (χ1n) is 6.26. The van der Waals surface area contributed by atoms with E-state index in [4.69, 9.17) is 0 Å². The van der Waals surface area contributed by atoms with E-state index in [0.717, 1.165) is 12.1 Å². The molecule has 2 rings (SSSR count). The summed E-state index contributed by atoms with van der Waals surface area (Å²) < 4.78 is 51.6. The van der Waals surface area contributed by atoms with Crippen molar-refractivity contribution in [2.75, 3.05) is 26.2 Å². The quantitative estimate of drug-likeness (QED) is 0.860. The number of hydrogen-bond donors (Lipinski definition) is 1. The van der Waals surface area contributed by atoms with E-state index in [0.29, 0.717) is 31.7 Å². The summed E-state index contributed by atoms with van der Waals surface area (Å²) in [6, 6.07) is 2.82. The van der Waals surface area contributed by atoms with E-state index in [1.165, 1.54) is 6.07 Å². The molecule has 20 heavy (non-hydrogen) atoms. The molecule has 0 bridgehead atoms. The highest BCUT2D eigenvalue weighted by Crippen LogP contribution is 2.28. The maximum absolute atomic E-state index is 13.3. The van der Waals surface area contributed by atoms with Gasteiger partial charge in [-0.2, -0.15) is 0 Å². The molecule has 0 aromatic heterocycles. The van der Waals surface area contributed by atoms with Crippen molar-refractivity contribution in [3.05, 3.63) is 35.4 Å². The van der Waals surface area contributed by atoms with Crippen LogP contribution in [0.2, 0.25) is 0 Å². The fourth-order valence-corrected chi connectivity index (χ4v) is 2.38. The summed E-state index contributed by atoms with van der Waals surface area (Å²) in [6.07, 6.45) is -2.85. The maximum atomic E-state index is 13.3. The normalized spacial score (nSPS) is 17.9. The fraction of sp³-hybridized carbons (Fsp3) is 0.538. The number of nitrogens with one attached hydrogen (secondary N) is 1. The molecule has 2 nitrogen and oxygen atoms in total. The molecule has 1 N–H and O–H groups in total. The van der Waals surface area contributed by atoms with Crippen molar-refractivity contribution in [2.24, 2.45) is 0 Å². The van der Waals surface area contributed by atoms with Crippen LogP contribution in [0, 0.1) is 11.6 Å². The largest absolute Gasteiger partial charge is 0.314 e. The van der Waals surface area contributed by atoms with Crippen molar-refractivity contribution < 1.29 is 17.6 Å². The number of piperazine rings is 1. The molecule has 1 aromatic rings. The van der Waals surface area contributed by atoms with Gasteiger partial charge in [-0.25, -0.2) is 17.6 Å². The average Bonchev–Trinajstić information content (AvgIpc) is 2.40. The van der Waals surface area contributed by atoms with Gasteiger partial charge in [0.25, 0.3) is 0 Å². The second-order valence-corrected chi connectivity index (χ2v) is 4.60. The van der Waals surface area contributed by atoms with Crippen LogP contribution < -0.4 is 5.32 Å². The van der Waals surface area contributed by atoms with Crippen LogP contribution in [0.1, 0.15) is 18.0 Å². The fourth-order valence-electron chi connectivity index (χ4n) is 2.38. The number of alkyl halides is 2. The highest BCUT2D eigenvalue weighted by molar-refractivity contribution is 5.85. The molecule has 0 unspecified atom stereocenters. The van der Waals surface area contributed by atoms with E-state index >= 15 is 0 Å². The predicted octanol–water partition coefficient (Wildman–Crippen LogP) is 2.99. The van der Waals surface area contributed by atoms with Gasteiger partial charge in [0.05, 0.1) is 0 Å². The Hall–Kier alpha value is -0.850. The van der Waals surface area contributed by atoms with Crippen molar-refractivity contribution in [3.63, 3.8) is 0 Å². The van der Waals surface area contributed by atoms with Gasteiger partial charge in [0, 0.05) is 38.6 Å². The molecule has 1 aliphatic heterocycles. The highest BCUT2D eigenvalue weighted by atomic mass is 35.5. The first kappa shape index (κ1) is 17.2. The third-order valence-corrected chi connectivity index (χ3v) is 3.32. The highest BCUT2D eigenvalue weighted by Gasteiger charge is 2.26. The first-order valence-corrected chi connectivity index (χ1v) is 6.26.